The zero-order chi connectivity index (χ0) is 12.3. The van der Waals surface area contributed by atoms with Gasteiger partial charge in [-0.25, -0.2) is 0 Å². The quantitative estimate of drug-likeness (QED) is 0.909. The minimum Gasteiger partial charge on any atom is -0.303 e. The van der Waals surface area contributed by atoms with Crippen molar-refractivity contribution in [1.82, 2.24) is 10.3 Å². The van der Waals surface area contributed by atoms with Crippen molar-refractivity contribution < 1.29 is 0 Å². The van der Waals surface area contributed by atoms with Crippen molar-refractivity contribution in [2.45, 2.75) is 25.9 Å². The van der Waals surface area contributed by atoms with Crippen molar-refractivity contribution in [1.29, 1.82) is 0 Å². The molecule has 2 atom stereocenters. The van der Waals surface area contributed by atoms with E-state index in [0.717, 1.165) is 4.47 Å². The van der Waals surface area contributed by atoms with Gasteiger partial charge in [-0.2, -0.15) is 0 Å². The van der Waals surface area contributed by atoms with E-state index in [2.05, 4.69) is 58.3 Å². The normalized spacial score (nSPS) is 14.5. The molecule has 0 saturated carbocycles. The number of aromatic nitrogens is 1. The van der Waals surface area contributed by atoms with Gasteiger partial charge in [0.05, 0.1) is 5.51 Å². The number of hydrogen-bond acceptors (Lipinski definition) is 3. The minimum absolute atomic E-state index is 0.324. The van der Waals surface area contributed by atoms with Crippen LogP contribution in [0.2, 0.25) is 0 Å². The number of rotatable bonds is 4. The number of halogens is 1. The smallest absolute Gasteiger partial charge is 0.0794 e. The summed E-state index contributed by atoms with van der Waals surface area (Å²) in [5.74, 6) is 0. The molecule has 1 aromatic carbocycles. The molecule has 0 amide bonds. The third kappa shape index (κ3) is 3.37. The summed E-state index contributed by atoms with van der Waals surface area (Å²) >= 11 is 5.19. The first kappa shape index (κ1) is 12.7. The second-order valence-corrected chi connectivity index (χ2v) is 5.90. The first-order chi connectivity index (χ1) is 8.16. The molecule has 1 aromatic heterocycles. The van der Waals surface area contributed by atoms with E-state index in [1.807, 2.05) is 17.8 Å². The number of nitrogens with one attached hydrogen (secondary N) is 1. The third-order valence-corrected chi connectivity index (χ3v) is 4.18. The molecule has 4 heteroatoms. The summed E-state index contributed by atoms with van der Waals surface area (Å²) in [6, 6.07) is 9.05. The molecule has 0 radical (unpaired) electrons. The summed E-state index contributed by atoms with van der Waals surface area (Å²) in [7, 11) is 0. The average Bonchev–Trinajstić information content (AvgIpc) is 2.82. The molecule has 1 heterocycles. The summed E-state index contributed by atoms with van der Waals surface area (Å²) in [5.41, 5.74) is 3.16. The summed E-state index contributed by atoms with van der Waals surface area (Å²) < 4.78 is 1.12. The second kappa shape index (κ2) is 5.76. The van der Waals surface area contributed by atoms with Gasteiger partial charge in [0, 0.05) is 27.6 Å². The lowest BCUT2D eigenvalue weighted by Crippen LogP contribution is -2.21. The molecule has 0 fully saturated rings. The third-order valence-electron chi connectivity index (χ3n) is 2.73. The Hall–Kier alpha value is -0.710. The molecule has 2 unspecified atom stereocenters. The Morgan fingerprint density at radius 2 is 2.12 bits per heavy atom. The molecule has 17 heavy (non-hydrogen) atoms. The van der Waals surface area contributed by atoms with Crippen molar-refractivity contribution in [2.24, 2.45) is 0 Å². The Bertz CT molecular complexity index is 470. The van der Waals surface area contributed by atoms with Gasteiger partial charge in [-0.3, -0.25) is 4.98 Å². The molecule has 90 valence electrons. The van der Waals surface area contributed by atoms with Crippen LogP contribution in [0.3, 0.4) is 0 Å². The second-order valence-electron chi connectivity index (χ2n) is 4.07. The van der Waals surface area contributed by atoms with Gasteiger partial charge < -0.3 is 5.32 Å². The van der Waals surface area contributed by atoms with E-state index >= 15 is 0 Å². The molecule has 1 N–H and O–H groups in total. The maximum Gasteiger partial charge on any atom is 0.0794 e. The molecule has 0 aliphatic heterocycles. The highest BCUT2D eigenvalue weighted by atomic mass is 79.9. The zero-order valence-corrected chi connectivity index (χ0v) is 12.3. The molecular formula is C13H15BrN2S. The van der Waals surface area contributed by atoms with Gasteiger partial charge in [-0.05, 0) is 31.5 Å². The van der Waals surface area contributed by atoms with E-state index in [9.17, 15) is 0 Å². The van der Waals surface area contributed by atoms with Crippen LogP contribution in [-0.4, -0.2) is 4.98 Å². The fourth-order valence-corrected chi connectivity index (χ4v) is 2.82. The van der Waals surface area contributed by atoms with Crippen molar-refractivity contribution in [2.75, 3.05) is 0 Å². The average molecular weight is 311 g/mol. The van der Waals surface area contributed by atoms with Gasteiger partial charge in [0.25, 0.3) is 0 Å². The fourth-order valence-electron chi connectivity index (χ4n) is 1.77. The van der Waals surface area contributed by atoms with Crippen LogP contribution in [0.5, 0.6) is 0 Å². The van der Waals surface area contributed by atoms with Crippen LogP contribution in [0.15, 0.2) is 40.4 Å². The predicted molar refractivity (Wildman–Crippen MR) is 76.2 cm³/mol. The van der Waals surface area contributed by atoms with Crippen LogP contribution in [0.25, 0.3) is 0 Å². The lowest BCUT2D eigenvalue weighted by Gasteiger charge is -2.19. The molecule has 2 nitrogen and oxygen atoms in total. The number of benzene rings is 1. The van der Waals surface area contributed by atoms with Crippen LogP contribution < -0.4 is 5.32 Å². The van der Waals surface area contributed by atoms with Crippen LogP contribution >= 0.6 is 27.3 Å². The number of thiazole rings is 1. The lowest BCUT2D eigenvalue weighted by atomic mass is 10.1. The first-order valence-corrected chi connectivity index (χ1v) is 7.24. The highest BCUT2D eigenvalue weighted by Gasteiger charge is 2.12. The van der Waals surface area contributed by atoms with Crippen LogP contribution in [0, 0.1) is 0 Å². The highest BCUT2D eigenvalue weighted by Crippen LogP contribution is 2.23. The predicted octanol–water partition coefficient (Wildman–Crippen LogP) is 4.32. The molecule has 0 aliphatic carbocycles. The van der Waals surface area contributed by atoms with Crippen LogP contribution in [0.1, 0.15) is 36.4 Å². The molecule has 0 aliphatic rings. The molecule has 2 rings (SSSR count). The van der Waals surface area contributed by atoms with E-state index in [1.54, 1.807) is 11.3 Å². The monoisotopic (exact) mass is 310 g/mol. The Morgan fingerprint density at radius 1 is 1.29 bits per heavy atom. The van der Waals surface area contributed by atoms with Gasteiger partial charge in [-0.1, -0.05) is 28.1 Å². The topological polar surface area (TPSA) is 24.9 Å². The van der Waals surface area contributed by atoms with Crippen molar-refractivity contribution in [3.05, 3.63) is 50.9 Å². The van der Waals surface area contributed by atoms with Crippen LogP contribution in [0.4, 0.5) is 0 Å². The Balaban J connectivity index is 2.04. The summed E-state index contributed by atoms with van der Waals surface area (Å²) in [6.45, 7) is 4.35. The molecular weight excluding hydrogens is 296 g/mol. The van der Waals surface area contributed by atoms with E-state index in [4.69, 9.17) is 0 Å². The van der Waals surface area contributed by atoms with Crippen molar-refractivity contribution >= 4 is 27.3 Å². The van der Waals surface area contributed by atoms with Gasteiger partial charge in [-0.15, -0.1) is 11.3 Å². The van der Waals surface area contributed by atoms with Crippen LogP contribution in [-0.2, 0) is 0 Å². The largest absolute Gasteiger partial charge is 0.303 e. The number of nitrogens with zero attached hydrogens (tertiary/aromatic N) is 1. The van der Waals surface area contributed by atoms with E-state index < -0.39 is 0 Å². The molecule has 0 spiro atoms. The lowest BCUT2D eigenvalue weighted by molar-refractivity contribution is 0.499. The Labute approximate surface area is 114 Å². The van der Waals surface area contributed by atoms with Crippen molar-refractivity contribution in [3.63, 3.8) is 0 Å². The SMILES string of the molecule is CC(NC(C)c1cncs1)c1cccc(Br)c1. The summed E-state index contributed by atoms with van der Waals surface area (Å²) in [4.78, 5) is 5.38. The van der Waals surface area contributed by atoms with E-state index in [0.29, 0.717) is 12.1 Å². The van der Waals surface area contributed by atoms with Gasteiger partial charge in [0.1, 0.15) is 0 Å². The Morgan fingerprint density at radius 3 is 2.76 bits per heavy atom. The minimum atomic E-state index is 0.324. The fraction of sp³-hybridized carbons (Fsp3) is 0.308. The summed E-state index contributed by atoms with van der Waals surface area (Å²) in [5, 5.41) is 3.58. The van der Waals surface area contributed by atoms with Crippen molar-refractivity contribution in [3.8, 4) is 0 Å². The first-order valence-electron chi connectivity index (χ1n) is 5.56. The number of hydrogen-bond donors (Lipinski definition) is 1. The maximum absolute atomic E-state index is 4.11. The van der Waals surface area contributed by atoms with E-state index in [-0.39, 0.29) is 0 Å². The highest BCUT2D eigenvalue weighted by molar-refractivity contribution is 9.10. The molecule has 0 saturated heterocycles. The van der Waals surface area contributed by atoms with Gasteiger partial charge in [0.15, 0.2) is 0 Å². The van der Waals surface area contributed by atoms with E-state index in [1.165, 1.54) is 10.4 Å². The maximum atomic E-state index is 4.11. The summed E-state index contributed by atoms with van der Waals surface area (Å²) in [6.07, 6.45) is 1.93. The standard InChI is InChI=1S/C13H15BrN2S/c1-9(11-4-3-5-12(14)6-11)16-10(2)13-7-15-8-17-13/h3-10,16H,1-2H3. The van der Waals surface area contributed by atoms with Gasteiger partial charge >= 0.3 is 0 Å². The van der Waals surface area contributed by atoms with Gasteiger partial charge in [0.2, 0.25) is 0 Å². The zero-order valence-electron chi connectivity index (χ0n) is 9.85. The molecule has 0 bridgehead atoms. The molecule has 2 aromatic rings. The Kier molecular flexibility index (Phi) is 4.31.